The highest BCUT2D eigenvalue weighted by atomic mass is 32.2. The zero-order chi connectivity index (χ0) is 13.2. The van der Waals surface area contributed by atoms with Crippen LogP contribution in [-0.4, -0.2) is 17.9 Å². The topological polar surface area (TPSA) is 32.3 Å². The molecule has 0 saturated carbocycles. The number of thioether (sulfide) groups is 1. The van der Waals surface area contributed by atoms with Crippen LogP contribution in [0.15, 0.2) is 47.4 Å². The summed E-state index contributed by atoms with van der Waals surface area (Å²) in [6, 6.07) is 14.6. The largest absolute Gasteiger partial charge is 0.508 e. The molecule has 98 valence electrons. The van der Waals surface area contributed by atoms with Crippen molar-refractivity contribution >= 4 is 11.8 Å². The second kappa shape index (κ2) is 5.27. The van der Waals surface area contributed by atoms with Crippen molar-refractivity contribution < 1.29 is 5.11 Å². The maximum absolute atomic E-state index is 9.59. The molecule has 1 aliphatic rings. The van der Waals surface area contributed by atoms with E-state index in [1.165, 1.54) is 21.6 Å². The molecule has 0 radical (unpaired) electrons. The fourth-order valence-electron chi connectivity index (χ4n) is 2.65. The molecule has 2 aromatic carbocycles. The predicted molar refractivity (Wildman–Crippen MR) is 79.9 cm³/mol. The van der Waals surface area contributed by atoms with Gasteiger partial charge < -0.3 is 10.4 Å². The fraction of sp³-hybridized carbons (Fsp3) is 0.250. The van der Waals surface area contributed by atoms with Gasteiger partial charge in [-0.05, 0) is 53.6 Å². The van der Waals surface area contributed by atoms with Crippen molar-refractivity contribution in [3.05, 3.63) is 59.2 Å². The monoisotopic (exact) mass is 271 g/mol. The Kier molecular flexibility index (Phi) is 3.49. The average Bonchev–Trinajstić information content (AvgIpc) is 2.46. The van der Waals surface area contributed by atoms with E-state index in [0.29, 0.717) is 5.75 Å². The third-order valence-electron chi connectivity index (χ3n) is 3.63. The van der Waals surface area contributed by atoms with Crippen LogP contribution in [0.5, 0.6) is 5.75 Å². The van der Waals surface area contributed by atoms with Gasteiger partial charge in [0.25, 0.3) is 0 Å². The number of nitrogens with one attached hydrogen (secondary N) is 1. The highest BCUT2D eigenvalue weighted by Gasteiger charge is 2.21. The molecule has 0 amide bonds. The van der Waals surface area contributed by atoms with Crippen molar-refractivity contribution in [2.75, 3.05) is 12.8 Å². The molecule has 1 heterocycles. The lowest BCUT2D eigenvalue weighted by atomic mass is 9.90. The first kappa shape index (κ1) is 12.6. The first-order valence-corrected chi connectivity index (χ1v) is 7.69. The van der Waals surface area contributed by atoms with Gasteiger partial charge in [0.05, 0.1) is 6.04 Å². The van der Waals surface area contributed by atoms with Crippen LogP contribution in [0.25, 0.3) is 0 Å². The molecule has 0 bridgehead atoms. The first-order valence-electron chi connectivity index (χ1n) is 6.47. The maximum atomic E-state index is 9.59. The van der Waals surface area contributed by atoms with E-state index in [2.05, 4.69) is 35.8 Å². The van der Waals surface area contributed by atoms with Gasteiger partial charge in [-0.3, -0.25) is 0 Å². The van der Waals surface area contributed by atoms with E-state index in [1.54, 1.807) is 17.8 Å². The van der Waals surface area contributed by atoms with E-state index < -0.39 is 0 Å². The molecule has 1 atom stereocenters. The number of rotatable bonds is 2. The van der Waals surface area contributed by atoms with E-state index in [9.17, 15) is 5.11 Å². The van der Waals surface area contributed by atoms with Crippen molar-refractivity contribution in [1.29, 1.82) is 0 Å². The van der Waals surface area contributed by atoms with Gasteiger partial charge in [-0.1, -0.05) is 18.2 Å². The van der Waals surface area contributed by atoms with Gasteiger partial charge in [0.2, 0.25) is 0 Å². The third-order valence-corrected chi connectivity index (χ3v) is 4.37. The van der Waals surface area contributed by atoms with Crippen LogP contribution in [0.1, 0.15) is 22.7 Å². The Morgan fingerprint density at radius 1 is 1.16 bits per heavy atom. The van der Waals surface area contributed by atoms with Crippen LogP contribution in [0.4, 0.5) is 0 Å². The maximum Gasteiger partial charge on any atom is 0.115 e. The number of benzene rings is 2. The van der Waals surface area contributed by atoms with Crippen LogP contribution in [0.3, 0.4) is 0 Å². The summed E-state index contributed by atoms with van der Waals surface area (Å²) in [4.78, 5) is 1.28. The average molecular weight is 271 g/mol. The van der Waals surface area contributed by atoms with Gasteiger partial charge >= 0.3 is 0 Å². The van der Waals surface area contributed by atoms with Gasteiger partial charge in [-0.15, -0.1) is 11.8 Å². The summed E-state index contributed by atoms with van der Waals surface area (Å²) in [5, 5.41) is 13.2. The van der Waals surface area contributed by atoms with Crippen molar-refractivity contribution in [3.63, 3.8) is 0 Å². The fourth-order valence-corrected chi connectivity index (χ4v) is 3.05. The lowest BCUT2D eigenvalue weighted by Crippen LogP contribution is -2.30. The molecule has 3 rings (SSSR count). The summed E-state index contributed by atoms with van der Waals surface area (Å²) in [6.07, 6.45) is 3.06. The minimum Gasteiger partial charge on any atom is -0.508 e. The highest BCUT2D eigenvalue weighted by molar-refractivity contribution is 7.98. The zero-order valence-electron chi connectivity index (χ0n) is 10.9. The molecule has 1 unspecified atom stereocenters. The lowest BCUT2D eigenvalue weighted by Gasteiger charge is -2.27. The molecule has 3 heteroatoms. The molecular weight excluding hydrogens is 254 g/mol. The first-order chi connectivity index (χ1) is 9.28. The van der Waals surface area contributed by atoms with Crippen molar-refractivity contribution in [2.45, 2.75) is 17.4 Å². The van der Waals surface area contributed by atoms with Crippen LogP contribution < -0.4 is 5.32 Å². The van der Waals surface area contributed by atoms with E-state index >= 15 is 0 Å². The Labute approximate surface area is 117 Å². The number of fused-ring (bicyclic) bond motifs is 1. The number of phenols is 1. The van der Waals surface area contributed by atoms with E-state index in [-0.39, 0.29) is 6.04 Å². The van der Waals surface area contributed by atoms with Gasteiger partial charge in [0.15, 0.2) is 0 Å². The Morgan fingerprint density at radius 2 is 1.95 bits per heavy atom. The van der Waals surface area contributed by atoms with Gasteiger partial charge in [0, 0.05) is 11.4 Å². The molecule has 0 spiro atoms. The molecule has 19 heavy (non-hydrogen) atoms. The van der Waals surface area contributed by atoms with Crippen molar-refractivity contribution in [1.82, 2.24) is 5.32 Å². The van der Waals surface area contributed by atoms with E-state index in [1.807, 2.05) is 12.1 Å². The molecule has 0 fully saturated rings. The van der Waals surface area contributed by atoms with Crippen LogP contribution in [0, 0.1) is 0 Å². The van der Waals surface area contributed by atoms with E-state index in [4.69, 9.17) is 0 Å². The van der Waals surface area contributed by atoms with Crippen molar-refractivity contribution in [3.8, 4) is 5.75 Å². The van der Waals surface area contributed by atoms with Gasteiger partial charge in [-0.2, -0.15) is 0 Å². The SMILES string of the molecule is CSc1ccc(C2NCCc3cc(O)ccc32)cc1. The minimum absolute atomic E-state index is 0.236. The van der Waals surface area contributed by atoms with Crippen molar-refractivity contribution in [2.24, 2.45) is 0 Å². The summed E-state index contributed by atoms with van der Waals surface area (Å²) in [5.41, 5.74) is 3.81. The predicted octanol–water partition coefficient (Wildman–Crippen LogP) is 3.35. The van der Waals surface area contributed by atoms with Crippen LogP contribution >= 0.6 is 11.8 Å². The highest BCUT2D eigenvalue weighted by Crippen LogP contribution is 2.31. The minimum atomic E-state index is 0.236. The number of aromatic hydroxyl groups is 1. The second-order valence-electron chi connectivity index (χ2n) is 4.79. The Morgan fingerprint density at radius 3 is 2.68 bits per heavy atom. The molecule has 0 aromatic heterocycles. The van der Waals surface area contributed by atoms with E-state index in [0.717, 1.165) is 13.0 Å². The second-order valence-corrected chi connectivity index (χ2v) is 5.67. The molecule has 2 nitrogen and oxygen atoms in total. The molecule has 2 N–H and O–H groups in total. The summed E-state index contributed by atoms with van der Waals surface area (Å²) >= 11 is 1.76. The summed E-state index contributed by atoms with van der Waals surface area (Å²) in [5.74, 6) is 0.358. The Hall–Kier alpha value is -1.45. The number of phenolic OH excluding ortho intramolecular Hbond substituents is 1. The Bertz CT molecular complexity index is 580. The number of hydrogen-bond acceptors (Lipinski definition) is 3. The lowest BCUT2D eigenvalue weighted by molar-refractivity contribution is 0.471. The van der Waals surface area contributed by atoms with Crippen LogP contribution in [0.2, 0.25) is 0 Å². The molecule has 0 saturated heterocycles. The molecule has 1 aliphatic heterocycles. The summed E-state index contributed by atoms with van der Waals surface area (Å²) in [7, 11) is 0. The summed E-state index contributed by atoms with van der Waals surface area (Å²) in [6.45, 7) is 0.950. The van der Waals surface area contributed by atoms with Gasteiger partial charge in [0.1, 0.15) is 5.75 Å². The normalized spacial score (nSPS) is 18.1. The zero-order valence-corrected chi connectivity index (χ0v) is 11.7. The van der Waals surface area contributed by atoms with Crippen LogP contribution in [-0.2, 0) is 6.42 Å². The third kappa shape index (κ3) is 2.48. The number of hydrogen-bond donors (Lipinski definition) is 2. The molecular formula is C16H17NOS. The smallest absolute Gasteiger partial charge is 0.115 e. The quantitative estimate of drug-likeness (QED) is 0.822. The summed E-state index contributed by atoms with van der Waals surface area (Å²) < 4.78 is 0. The molecule has 0 aliphatic carbocycles. The molecule has 2 aromatic rings. The van der Waals surface area contributed by atoms with Gasteiger partial charge in [-0.25, -0.2) is 0 Å². The Balaban J connectivity index is 1.98. The standard InChI is InChI=1S/C16H17NOS/c1-19-14-5-2-11(3-6-14)16-15-7-4-13(18)10-12(15)8-9-17-16/h2-7,10,16-18H,8-9H2,1H3.